The van der Waals surface area contributed by atoms with Crippen LogP contribution in [-0.2, 0) is 0 Å². The third kappa shape index (κ3) is 2.48. The van der Waals surface area contributed by atoms with Gasteiger partial charge in [-0.2, -0.15) is 5.10 Å². The smallest absolute Gasteiger partial charge is 0.274 e. The van der Waals surface area contributed by atoms with Crippen LogP contribution in [0, 0.1) is 0 Å². The third-order valence-electron chi connectivity index (χ3n) is 2.65. The second-order valence-corrected chi connectivity index (χ2v) is 4.78. The van der Waals surface area contributed by atoms with E-state index in [9.17, 15) is 4.79 Å². The first-order valence-electron chi connectivity index (χ1n) is 5.59. The molecule has 0 saturated carbocycles. The van der Waals surface area contributed by atoms with Crippen molar-refractivity contribution < 1.29 is 4.79 Å². The average Bonchev–Trinajstić information content (AvgIpc) is 2.86. The number of rotatable bonds is 2. The number of halogens is 1. The van der Waals surface area contributed by atoms with Crippen molar-refractivity contribution in [2.45, 2.75) is 0 Å². The molecule has 3 rings (SSSR count). The molecule has 0 aliphatic rings. The summed E-state index contributed by atoms with van der Waals surface area (Å²) >= 11 is 3.24. The predicted octanol–water partition coefficient (Wildman–Crippen LogP) is 2.97. The average molecular weight is 317 g/mol. The Morgan fingerprint density at radius 2 is 2.16 bits per heavy atom. The first-order chi connectivity index (χ1) is 9.22. The molecule has 0 saturated heterocycles. The van der Waals surface area contributed by atoms with Gasteiger partial charge in [-0.1, -0.05) is 6.07 Å². The molecular weight excluding hydrogens is 308 g/mol. The summed E-state index contributed by atoms with van der Waals surface area (Å²) in [5.74, 6) is -0.250. The van der Waals surface area contributed by atoms with E-state index in [4.69, 9.17) is 0 Å². The lowest BCUT2D eigenvalue weighted by molar-refractivity contribution is 0.102. The largest absolute Gasteiger partial charge is 0.321 e. The number of aromatic amines is 1. The molecule has 1 amide bonds. The summed E-state index contributed by atoms with van der Waals surface area (Å²) in [4.78, 5) is 16.1. The number of hydrogen-bond acceptors (Lipinski definition) is 3. The lowest BCUT2D eigenvalue weighted by atomic mass is 10.2. The van der Waals surface area contributed by atoms with Gasteiger partial charge in [-0.25, -0.2) is 4.98 Å². The molecule has 0 fully saturated rings. The van der Waals surface area contributed by atoms with Gasteiger partial charge in [0.1, 0.15) is 10.3 Å². The number of aromatic nitrogens is 3. The van der Waals surface area contributed by atoms with Crippen LogP contribution in [0.5, 0.6) is 0 Å². The van der Waals surface area contributed by atoms with Gasteiger partial charge >= 0.3 is 0 Å². The van der Waals surface area contributed by atoms with E-state index in [1.165, 1.54) is 0 Å². The Labute approximate surface area is 117 Å². The number of pyridine rings is 1. The maximum Gasteiger partial charge on any atom is 0.274 e. The zero-order valence-electron chi connectivity index (χ0n) is 9.72. The molecule has 0 aliphatic heterocycles. The molecule has 2 aromatic heterocycles. The molecule has 5 nitrogen and oxygen atoms in total. The summed E-state index contributed by atoms with van der Waals surface area (Å²) in [6.07, 6.45) is 1.73. The molecule has 6 heteroatoms. The van der Waals surface area contributed by atoms with E-state index in [1.54, 1.807) is 24.4 Å². The Hall–Kier alpha value is -2.21. The van der Waals surface area contributed by atoms with Crippen molar-refractivity contribution in [3.05, 3.63) is 52.9 Å². The fourth-order valence-corrected chi connectivity index (χ4v) is 2.09. The van der Waals surface area contributed by atoms with Crippen LogP contribution in [-0.4, -0.2) is 21.1 Å². The van der Waals surface area contributed by atoms with Gasteiger partial charge in [0.2, 0.25) is 0 Å². The maximum atomic E-state index is 12.0. The number of nitrogens with zero attached hydrogens (tertiary/aromatic N) is 2. The number of anilines is 1. The molecule has 19 heavy (non-hydrogen) atoms. The second-order valence-electron chi connectivity index (χ2n) is 3.97. The molecule has 0 aliphatic carbocycles. The fraction of sp³-hybridized carbons (Fsp3) is 0. The monoisotopic (exact) mass is 316 g/mol. The van der Waals surface area contributed by atoms with Crippen LogP contribution in [0.1, 0.15) is 10.5 Å². The Morgan fingerprint density at radius 1 is 1.26 bits per heavy atom. The highest BCUT2D eigenvalue weighted by Crippen LogP contribution is 2.17. The van der Waals surface area contributed by atoms with Gasteiger partial charge in [0.05, 0.1) is 11.7 Å². The molecular formula is C13H9BrN4O. The quantitative estimate of drug-likeness (QED) is 0.714. The van der Waals surface area contributed by atoms with Gasteiger partial charge in [0.25, 0.3) is 5.91 Å². The minimum Gasteiger partial charge on any atom is -0.321 e. The number of benzene rings is 1. The summed E-state index contributed by atoms with van der Waals surface area (Å²) in [5, 5.41) is 10.6. The highest BCUT2D eigenvalue weighted by atomic mass is 79.9. The highest BCUT2D eigenvalue weighted by molar-refractivity contribution is 9.10. The zero-order valence-corrected chi connectivity index (χ0v) is 11.3. The lowest BCUT2D eigenvalue weighted by Crippen LogP contribution is -2.13. The summed E-state index contributed by atoms with van der Waals surface area (Å²) in [5.41, 5.74) is 1.93. The normalized spacial score (nSPS) is 10.6. The van der Waals surface area contributed by atoms with Gasteiger partial charge in [-0.15, -0.1) is 0 Å². The van der Waals surface area contributed by atoms with Crippen LogP contribution >= 0.6 is 15.9 Å². The van der Waals surface area contributed by atoms with E-state index < -0.39 is 0 Å². The number of carbonyl (C=O) groups is 1. The van der Waals surface area contributed by atoms with Crippen LogP contribution in [0.15, 0.2) is 47.2 Å². The number of H-pyrrole nitrogens is 1. The van der Waals surface area contributed by atoms with E-state index in [-0.39, 0.29) is 5.91 Å². The summed E-state index contributed by atoms with van der Waals surface area (Å²) in [7, 11) is 0. The second kappa shape index (κ2) is 4.81. The number of carbonyl (C=O) groups excluding carboxylic acids is 1. The van der Waals surface area contributed by atoms with Gasteiger partial charge in [-0.3, -0.25) is 9.89 Å². The predicted molar refractivity (Wildman–Crippen MR) is 76.0 cm³/mol. The Balaban J connectivity index is 1.86. The minimum atomic E-state index is -0.250. The minimum absolute atomic E-state index is 0.250. The van der Waals surface area contributed by atoms with Crippen molar-refractivity contribution in [3.63, 3.8) is 0 Å². The molecule has 0 unspecified atom stereocenters. The Bertz CT molecular complexity index is 753. The first kappa shape index (κ1) is 11.9. The van der Waals surface area contributed by atoms with E-state index >= 15 is 0 Å². The van der Waals surface area contributed by atoms with Crippen molar-refractivity contribution >= 4 is 38.4 Å². The number of amides is 1. The summed E-state index contributed by atoms with van der Waals surface area (Å²) in [6, 6.07) is 10.8. The van der Waals surface area contributed by atoms with E-state index in [2.05, 4.69) is 36.4 Å². The van der Waals surface area contributed by atoms with Crippen molar-refractivity contribution in [2.75, 3.05) is 5.32 Å². The van der Waals surface area contributed by atoms with Crippen molar-refractivity contribution in [2.24, 2.45) is 0 Å². The molecule has 0 bridgehead atoms. The van der Waals surface area contributed by atoms with Crippen LogP contribution in [0.4, 0.5) is 5.69 Å². The van der Waals surface area contributed by atoms with Crippen molar-refractivity contribution in [1.29, 1.82) is 0 Å². The van der Waals surface area contributed by atoms with Gasteiger partial charge in [-0.05, 0) is 46.3 Å². The van der Waals surface area contributed by atoms with Crippen molar-refractivity contribution in [1.82, 2.24) is 15.2 Å². The SMILES string of the molecule is O=C(Nc1ccc2cn[nH]c2c1)c1cccc(Br)n1. The molecule has 2 heterocycles. The zero-order chi connectivity index (χ0) is 13.2. The van der Waals surface area contributed by atoms with Gasteiger partial charge < -0.3 is 5.32 Å². The maximum absolute atomic E-state index is 12.0. The fourth-order valence-electron chi connectivity index (χ4n) is 1.74. The molecule has 0 atom stereocenters. The van der Waals surface area contributed by atoms with E-state index in [0.717, 1.165) is 10.9 Å². The molecule has 0 radical (unpaired) electrons. The van der Waals surface area contributed by atoms with Crippen LogP contribution in [0.2, 0.25) is 0 Å². The number of fused-ring (bicyclic) bond motifs is 1. The molecule has 94 valence electrons. The number of nitrogens with one attached hydrogen (secondary N) is 2. The topological polar surface area (TPSA) is 70.7 Å². The molecule has 1 aromatic carbocycles. The molecule has 0 spiro atoms. The van der Waals surface area contributed by atoms with E-state index in [0.29, 0.717) is 16.0 Å². The standard InChI is InChI=1S/C13H9BrN4O/c14-12-3-1-2-10(17-12)13(19)16-9-5-4-8-7-15-18-11(8)6-9/h1-7H,(H,15,18)(H,16,19). The van der Waals surface area contributed by atoms with Gasteiger partial charge in [0, 0.05) is 11.1 Å². The number of hydrogen-bond donors (Lipinski definition) is 2. The summed E-state index contributed by atoms with van der Waals surface area (Å²) < 4.78 is 0.629. The van der Waals surface area contributed by atoms with E-state index in [1.807, 2.05) is 18.2 Å². The highest BCUT2D eigenvalue weighted by Gasteiger charge is 2.08. The molecule has 2 N–H and O–H groups in total. The third-order valence-corrected chi connectivity index (χ3v) is 3.09. The van der Waals surface area contributed by atoms with Crippen LogP contribution < -0.4 is 5.32 Å². The Morgan fingerprint density at radius 3 is 3.00 bits per heavy atom. The van der Waals surface area contributed by atoms with Gasteiger partial charge in [0.15, 0.2) is 0 Å². The summed E-state index contributed by atoms with van der Waals surface area (Å²) in [6.45, 7) is 0. The first-order valence-corrected chi connectivity index (χ1v) is 6.39. The van der Waals surface area contributed by atoms with Crippen LogP contribution in [0.25, 0.3) is 10.9 Å². The molecule has 3 aromatic rings. The Kier molecular flexibility index (Phi) is 3.00. The lowest BCUT2D eigenvalue weighted by Gasteiger charge is -2.04. The van der Waals surface area contributed by atoms with Crippen LogP contribution in [0.3, 0.4) is 0 Å². The van der Waals surface area contributed by atoms with Crippen molar-refractivity contribution in [3.8, 4) is 0 Å².